The predicted octanol–water partition coefficient (Wildman–Crippen LogP) is 0.796. The highest BCUT2D eigenvalue weighted by Crippen LogP contribution is 2.13. The first-order valence-electron chi connectivity index (χ1n) is 7.96. The number of aromatic nitrogens is 1. The summed E-state index contributed by atoms with van der Waals surface area (Å²) in [7, 11) is 0. The van der Waals surface area contributed by atoms with Gasteiger partial charge >= 0.3 is 5.97 Å². The summed E-state index contributed by atoms with van der Waals surface area (Å²) in [5.41, 5.74) is 5.25. The second-order valence-corrected chi connectivity index (χ2v) is 6.54. The molecular formula is C20H20BrNO2S. The molecule has 0 aliphatic carbocycles. The highest BCUT2D eigenvalue weighted by molar-refractivity contribution is 7.09. The number of esters is 1. The molecular weight excluding hydrogens is 398 g/mol. The molecule has 0 radical (unpaired) electrons. The van der Waals surface area contributed by atoms with Crippen LogP contribution < -0.4 is 21.5 Å². The van der Waals surface area contributed by atoms with E-state index in [9.17, 15) is 4.79 Å². The summed E-state index contributed by atoms with van der Waals surface area (Å²) in [4.78, 5) is 13.2. The number of rotatable bonds is 6. The van der Waals surface area contributed by atoms with Gasteiger partial charge in [-0.05, 0) is 12.1 Å². The van der Waals surface area contributed by atoms with Crippen molar-refractivity contribution in [1.82, 2.24) is 0 Å². The molecule has 0 saturated carbocycles. The Morgan fingerprint density at radius 2 is 1.68 bits per heavy atom. The Kier molecular flexibility index (Phi) is 7.34. The summed E-state index contributed by atoms with van der Waals surface area (Å²) in [6.45, 7) is 3.39. The van der Waals surface area contributed by atoms with Crippen LogP contribution in [-0.4, -0.2) is 12.6 Å². The summed E-state index contributed by atoms with van der Waals surface area (Å²) < 4.78 is 7.62. The average molecular weight is 418 g/mol. The minimum absolute atomic E-state index is 0. The molecule has 0 fully saturated rings. The zero-order valence-corrected chi connectivity index (χ0v) is 16.4. The molecule has 1 heterocycles. The van der Waals surface area contributed by atoms with Crippen LogP contribution in [0.3, 0.4) is 0 Å². The molecule has 0 atom stereocenters. The van der Waals surface area contributed by atoms with Crippen molar-refractivity contribution < 1.29 is 31.1 Å². The van der Waals surface area contributed by atoms with Crippen molar-refractivity contribution in [2.45, 2.75) is 19.9 Å². The fourth-order valence-corrected chi connectivity index (χ4v) is 3.50. The zero-order valence-electron chi connectivity index (χ0n) is 14.0. The second kappa shape index (κ2) is 9.49. The molecule has 0 aliphatic rings. The molecule has 0 amide bonds. The molecule has 5 heteroatoms. The quantitative estimate of drug-likeness (QED) is 0.438. The molecule has 0 spiro atoms. The first kappa shape index (κ1) is 19.3. The fraction of sp³-hybridized carbons (Fsp3) is 0.200. The number of halogens is 1. The number of ether oxygens (including phenoxy) is 1. The van der Waals surface area contributed by atoms with E-state index < -0.39 is 0 Å². The van der Waals surface area contributed by atoms with Crippen LogP contribution in [0.25, 0.3) is 0 Å². The van der Waals surface area contributed by atoms with Gasteiger partial charge in [-0.3, -0.25) is 0 Å². The topological polar surface area (TPSA) is 30.2 Å². The maximum Gasteiger partial charge on any atom is 0.338 e. The van der Waals surface area contributed by atoms with Gasteiger partial charge in [0.2, 0.25) is 5.51 Å². The maximum absolute atomic E-state index is 11.9. The van der Waals surface area contributed by atoms with E-state index in [0.717, 1.165) is 13.0 Å². The molecule has 2 aromatic carbocycles. The molecule has 0 unspecified atom stereocenters. The van der Waals surface area contributed by atoms with Crippen LogP contribution in [-0.2, 0) is 17.7 Å². The van der Waals surface area contributed by atoms with Crippen LogP contribution in [0.1, 0.15) is 26.5 Å². The maximum atomic E-state index is 11.9. The number of nitrogens with zero attached hydrogens (tertiary/aromatic N) is 1. The first-order chi connectivity index (χ1) is 11.7. The predicted molar refractivity (Wildman–Crippen MR) is 95.2 cm³/mol. The third-order valence-corrected chi connectivity index (χ3v) is 5.07. The van der Waals surface area contributed by atoms with E-state index >= 15 is 0 Å². The lowest BCUT2D eigenvalue weighted by Gasteiger charge is -2.03. The van der Waals surface area contributed by atoms with Gasteiger partial charge in [-0.1, -0.05) is 59.9 Å². The number of hydrogen-bond acceptors (Lipinski definition) is 3. The minimum Gasteiger partial charge on any atom is -1.00 e. The molecule has 25 heavy (non-hydrogen) atoms. The zero-order chi connectivity index (χ0) is 16.8. The third-order valence-electron chi connectivity index (χ3n) is 3.92. The van der Waals surface area contributed by atoms with Crippen molar-refractivity contribution in [3.63, 3.8) is 0 Å². The van der Waals surface area contributed by atoms with Gasteiger partial charge in [0.1, 0.15) is 0 Å². The van der Waals surface area contributed by atoms with Crippen molar-refractivity contribution in [3.05, 3.63) is 87.9 Å². The van der Waals surface area contributed by atoms with Crippen molar-refractivity contribution in [3.8, 4) is 0 Å². The summed E-state index contributed by atoms with van der Waals surface area (Å²) in [6, 6.07) is 19.5. The summed E-state index contributed by atoms with van der Waals surface area (Å²) >= 11 is 1.71. The molecule has 3 nitrogen and oxygen atoms in total. The Labute approximate surface area is 162 Å². The Hall–Kier alpha value is -1.98. The molecule has 0 aliphatic heterocycles. The van der Waals surface area contributed by atoms with Gasteiger partial charge in [0.25, 0.3) is 0 Å². The van der Waals surface area contributed by atoms with Crippen LogP contribution in [0.5, 0.6) is 0 Å². The van der Waals surface area contributed by atoms with Crippen LogP contribution >= 0.6 is 11.3 Å². The number of benzene rings is 2. The van der Waals surface area contributed by atoms with E-state index in [1.807, 2.05) is 24.3 Å². The average Bonchev–Trinajstić information content (AvgIpc) is 2.97. The van der Waals surface area contributed by atoms with Crippen molar-refractivity contribution >= 4 is 17.3 Å². The van der Waals surface area contributed by atoms with E-state index in [1.54, 1.807) is 23.5 Å². The third kappa shape index (κ3) is 5.25. The smallest absolute Gasteiger partial charge is 0.338 e. The Morgan fingerprint density at radius 3 is 2.36 bits per heavy atom. The van der Waals surface area contributed by atoms with Gasteiger partial charge < -0.3 is 21.7 Å². The molecule has 0 N–H and O–H groups in total. The fourth-order valence-electron chi connectivity index (χ4n) is 2.52. The SMILES string of the molecule is Cc1c(CCOC(=O)c2ccccc2)sc[n+]1Cc1ccccc1.[Br-]. The number of carbonyl (C=O) groups is 1. The van der Waals surface area contributed by atoms with Crippen LogP contribution in [0.4, 0.5) is 0 Å². The van der Waals surface area contributed by atoms with Gasteiger partial charge in [0.15, 0.2) is 12.2 Å². The van der Waals surface area contributed by atoms with Gasteiger partial charge in [-0.25, -0.2) is 4.79 Å². The largest absolute Gasteiger partial charge is 1.00 e. The van der Waals surface area contributed by atoms with Gasteiger partial charge in [0.05, 0.1) is 17.0 Å². The van der Waals surface area contributed by atoms with E-state index in [2.05, 4.69) is 41.3 Å². The number of carbonyl (C=O) groups excluding carboxylic acids is 1. The van der Waals surface area contributed by atoms with Crippen LogP contribution in [0.2, 0.25) is 0 Å². The highest BCUT2D eigenvalue weighted by atomic mass is 79.9. The summed E-state index contributed by atoms with van der Waals surface area (Å²) in [5, 5.41) is 0. The van der Waals surface area contributed by atoms with Crippen molar-refractivity contribution in [1.29, 1.82) is 0 Å². The van der Waals surface area contributed by atoms with E-state index in [1.165, 1.54) is 16.1 Å². The van der Waals surface area contributed by atoms with E-state index in [0.29, 0.717) is 12.2 Å². The molecule has 0 saturated heterocycles. The first-order valence-corrected chi connectivity index (χ1v) is 8.84. The Morgan fingerprint density at radius 1 is 1.04 bits per heavy atom. The molecule has 130 valence electrons. The highest BCUT2D eigenvalue weighted by Gasteiger charge is 2.16. The second-order valence-electron chi connectivity index (χ2n) is 5.60. The lowest BCUT2D eigenvalue weighted by molar-refractivity contribution is -0.689. The summed E-state index contributed by atoms with van der Waals surface area (Å²) in [5.74, 6) is -0.262. The number of hydrogen-bond donors (Lipinski definition) is 0. The van der Waals surface area contributed by atoms with E-state index in [4.69, 9.17) is 4.74 Å². The van der Waals surface area contributed by atoms with Crippen molar-refractivity contribution in [2.24, 2.45) is 0 Å². The lowest BCUT2D eigenvalue weighted by atomic mass is 10.2. The van der Waals surface area contributed by atoms with Gasteiger partial charge in [0, 0.05) is 18.9 Å². The molecule has 3 rings (SSSR count). The molecule has 1 aromatic heterocycles. The van der Waals surface area contributed by atoms with Crippen LogP contribution in [0, 0.1) is 6.92 Å². The number of thiazole rings is 1. The lowest BCUT2D eigenvalue weighted by Crippen LogP contribution is -3.00. The van der Waals surface area contributed by atoms with Gasteiger partial charge in [-0.2, -0.15) is 4.57 Å². The summed E-state index contributed by atoms with van der Waals surface area (Å²) in [6.07, 6.45) is 0.747. The standard InChI is InChI=1S/C20H20NO2S.BrH/c1-16-19(12-13-23-20(22)18-10-6-3-7-11-18)24-15-21(16)14-17-8-4-2-5-9-17;/h2-11,15H,12-14H2,1H3;1H/q+1;/p-1. The Bertz CT molecular complexity index is 803. The van der Waals surface area contributed by atoms with Crippen molar-refractivity contribution in [2.75, 3.05) is 6.61 Å². The van der Waals surface area contributed by atoms with Crippen LogP contribution in [0.15, 0.2) is 66.2 Å². The Balaban J connectivity index is 0.00000225. The van der Waals surface area contributed by atoms with E-state index in [-0.39, 0.29) is 23.0 Å². The minimum atomic E-state index is -0.262. The van der Waals surface area contributed by atoms with Gasteiger partial charge in [-0.15, -0.1) is 0 Å². The molecule has 0 bridgehead atoms. The monoisotopic (exact) mass is 417 g/mol. The molecule has 3 aromatic rings. The normalized spacial score (nSPS) is 10.1.